The molecule has 0 aromatic carbocycles. The molecule has 0 aliphatic heterocycles. The third-order valence-corrected chi connectivity index (χ3v) is 1.89. The molecular formula is C10H8N4O2. The van der Waals surface area contributed by atoms with Crippen LogP contribution in [0.25, 0.3) is 0 Å². The monoisotopic (exact) mass is 216 g/mol. The number of hydrogen-bond donors (Lipinski definition) is 1. The first kappa shape index (κ1) is 10.0. The maximum absolute atomic E-state index is 10.4. The van der Waals surface area contributed by atoms with E-state index in [2.05, 4.69) is 15.3 Å². The number of hydrogen-bond acceptors (Lipinski definition) is 5. The quantitative estimate of drug-likeness (QED) is 0.627. The van der Waals surface area contributed by atoms with Crippen molar-refractivity contribution < 1.29 is 4.92 Å². The Morgan fingerprint density at radius 3 is 2.69 bits per heavy atom. The molecule has 6 heteroatoms. The molecule has 2 rings (SSSR count). The van der Waals surface area contributed by atoms with Crippen LogP contribution in [-0.2, 0) is 0 Å². The van der Waals surface area contributed by atoms with Gasteiger partial charge in [-0.15, -0.1) is 0 Å². The van der Waals surface area contributed by atoms with Crippen LogP contribution in [0.2, 0.25) is 0 Å². The van der Waals surface area contributed by atoms with Crippen LogP contribution in [0.5, 0.6) is 0 Å². The average molecular weight is 216 g/mol. The minimum Gasteiger partial charge on any atom is -0.339 e. The second-order valence-corrected chi connectivity index (χ2v) is 3.03. The largest absolute Gasteiger partial charge is 0.339 e. The molecular weight excluding hydrogens is 208 g/mol. The van der Waals surface area contributed by atoms with Gasteiger partial charge in [-0.1, -0.05) is 0 Å². The Kier molecular flexibility index (Phi) is 2.73. The molecule has 0 saturated carbocycles. The van der Waals surface area contributed by atoms with Gasteiger partial charge in [-0.25, -0.2) is 4.98 Å². The van der Waals surface area contributed by atoms with E-state index in [0.717, 1.165) is 5.69 Å². The van der Waals surface area contributed by atoms with E-state index in [0.29, 0.717) is 5.82 Å². The van der Waals surface area contributed by atoms with Crippen molar-refractivity contribution >= 4 is 17.2 Å². The molecule has 2 aromatic rings. The van der Waals surface area contributed by atoms with Crippen LogP contribution in [0.1, 0.15) is 0 Å². The highest BCUT2D eigenvalue weighted by molar-refractivity contribution is 5.55. The first-order chi connectivity index (χ1) is 7.75. The van der Waals surface area contributed by atoms with E-state index in [1.807, 2.05) is 6.07 Å². The average Bonchev–Trinajstić information content (AvgIpc) is 2.31. The molecule has 0 bridgehead atoms. The van der Waals surface area contributed by atoms with E-state index >= 15 is 0 Å². The highest BCUT2D eigenvalue weighted by atomic mass is 16.6. The number of nitrogens with zero attached hydrogens (tertiary/aromatic N) is 3. The standard InChI is InChI=1S/C10H8N4O2/c15-14(16)9-3-4-10(12-7-9)13-8-2-1-5-11-6-8/h1-7H,(H,12,13). The number of nitrogens with one attached hydrogen (secondary N) is 1. The lowest BCUT2D eigenvalue weighted by molar-refractivity contribution is -0.385. The maximum atomic E-state index is 10.4. The molecule has 0 unspecified atom stereocenters. The molecule has 2 heterocycles. The van der Waals surface area contributed by atoms with Crippen LogP contribution in [0.4, 0.5) is 17.2 Å². The second kappa shape index (κ2) is 4.35. The lowest BCUT2D eigenvalue weighted by Crippen LogP contribution is -1.95. The predicted molar refractivity (Wildman–Crippen MR) is 58.4 cm³/mol. The Bertz CT molecular complexity index is 484. The number of nitro groups is 1. The third-order valence-electron chi connectivity index (χ3n) is 1.89. The summed E-state index contributed by atoms with van der Waals surface area (Å²) in [5.74, 6) is 0.540. The van der Waals surface area contributed by atoms with Gasteiger partial charge in [0, 0.05) is 12.3 Å². The molecule has 0 atom stereocenters. The molecule has 2 aromatic heterocycles. The number of anilines is 2. The van der Waals surface area contributed by atoms with Crippen LogP contribution < -0.4 is 5.32 Å². The van der Waals surface area contributed by atoms with Gasteiger partial charge in [-0.2, -0.15) is 0 Å². The van der Waals surface area contributed by atoms with Crippen LogP contribution in [0.3, 0.4) is 0 Å². The summed E-state index contributed by atoms with van der Waals surface area (Å²) in [4.78, 5) is 17.8. The fourth-order valence-corrected chi connectivity index (χ4v) is 1.15. The normalized spacial score (nSPS) is 9.75. The first-order valence-electron chi connectivity index (χ1n) is 4.53. The van der Waals surface area contributed by atoms with E-state index < -0.39 is 4.92 Å². The Balaban J connectivity index is 2.14. The van der Waals surface area contributed by atoms with Gasteiger partial charge in [0.25, 0.3) is 5.69 Å². The summed E-state index contributed by atoms with van der Waals surface area (Å²) < 4.78 is 0. The number of pyridine rings is 2. The van der Waals surface area contributed by atoms with Crippen LogP contribution in [-0.4, -0.2) is 14.9 Å². The van der Waals surface area contributed by atoms with Crippen molar-refractivity contribution in [3.63, 3.8) is 0 Å². The van der Waals surface area contributed by atoms with Gasteiger partial charge < -0.3 is 5.32 Å². The van der Waals surface area contributed by atoms with Crippen LogP contribution in [0, 0.1) is 10.1 Å². The van der Waals surface area contributed by atoms with Gasteiger partial charge in [0.15, 0.2) is 0 Å². The molecule has 0 radical (unpaired) electrons. The first-order valence-corrected chi connectivity index (χ1v) is 4.53. The van der Waals surface area contributed by atoms with Crippen molar-refractivity contribution in [3.8, 4) is 0 Å². The molecule has 16 heavy (non-hydrogen) atoms. The van der Waals surface area contributed by atoms with Crippen molar-refractivity contribution in [2.24, 2.45) is 0 Å². The Hall–Kier alpha value is -2.50. The van der Waals surface area contributed by atoms with Gasteiger partial charge in [0.05, 0.1) is 16.8 Å². The van der Waals surface area contributed by atoms with Gasteiger partial charge in [-0.05, 0) is 18.2 Å². The molecule has 6 nitrogen and oxygen atoms in total. The lowest BCUT2D eigenvalue weighted by atomic mass is 10.4. The van der Waals surface area contributed by atoms with Crippen molar-refractivity contribution in [2.75, 3.05) is 5.32 Å². The smallest absolute Gasteiger partial charge is 0.287 e. The molecule has 1 N–H and O–H groups in total. The summed E-state index contributed by atoms with van der Waals surface area (Å²) in [6.45, 7) is 0. The number of rotatable bonds is 3. The predicted octanol–water partition coefficient (Wildman–Crippen LogP) is 2.13. The van der Waals surface area contributed by atoms with E-state index in [9.17, 15) is 10.1 Å². The van der Waals surface area contributed by atoms with Crippen LogP contribution >= 0.6 is 0 Å². The van der Waals surface area contributed by atoms with Gasteiger partial charge >= 0.3 is 0 Å². The summed E-state index contributed by atoms with van der Waals surface area (Å²) in [7, 11) is 0. The minimum atomic E-state index is -0.485. The molecule has 0 spiro atoms. The van der Waals surface area contributed by atoms with Crippen molar-refractivity contribution in [1.29, 1.82) is 0 Å². The fraction of sp³-hybridized carbons (Fsp3) is 0. The van der Waals surface area contributed by atoms with E-state index in [1.165, 1.54) is 12.3 Å². The highest BCUT2D eigenvalue weighted by Gasteiger charge is 2.04. The summed E-state index contributed by atoms with van der Waals surface area (Å²) in [6.07, 6.45) is 4.51. The molecule has 80 valence electrons. The minimum absolute atomic E-state index is 0.0308. The summed E-state index contributed by atoms with van der Waals surface area (Å²) in [5.41, 5.74) is 0.751. The summed E-state index contributed by atoms with van der Waals surface area (Å²) in [5, 5.41) is 13.4. The van der Waals surface area contributed by atoms with Crippen molar-refractivity contribution in [2.45, 2.75) is 0 Å². The third kappa shape index (κ3) is 2.30. The van der Waals surface area contributed by atoms with Gasteiger partial charge in [-0.3, -0.25) is 15.1 Å². The van der Waals surface area contributed by atoms with E-state index in [-0.39, 0.29) is 5.69 Å². The van der Waals surface area contributed by atoms with Crippen molar-refractivity contribution in [1.82, 2.24) is 9.97 Å². The Morgan fingerprint density at radius 1 is 1.25 bits per heavy atom. The topological polar surface area (TPSA) is 81.0 Å². The summed E-state index contributed by atoms with van der Waals surface area (Å²) >= 11 is 0. The van der Waals surface area contributed by atoms with Gasteiger partial charge in [0.2, 0.25) is 0 Å². The second-order valence-electron chi connectivity index (χ2n) is 3.03. The molecule has 0 aliphatic rings. The zero-order chi connectivity index (χ0) is 11.4. The van der Waals surface area contributed by atoms with E-state index in [4.69, 9.17) is 0 Å². The Labute approximate surface area is 91.1 Å². The zero-order valence-corrected chi connectivity index (χ0v) is 8.20. The van der Waals surface area contributed by atoms with Crippen molar-refractivity contribution in [3.05, 3.63) is 53.0 Å². The molecule has 0 saturated heterocycles. The van der Waals surface area contributed by atoms with Gasteiger partial charge in [0.1, 0.15) is 12.0 Å². The zero-order valence-electron chi connectivity index (χ0n) is 8.20. The fourth-order valence-electron chi connectivity index (χ4n) is 1.15. The Morgan fingerprint density at radius 2 is 2.12 bits per heavy atom. The molecule has 0 fully saturated rings. The SMILES string of the molecule is O=[N+]([O-])c1ccc(Nc2cccnc2)nc1. The number of aromatic nitrogens is 2. The van der Waals surface area contributed by atoms with E-state index in [1.54, 1.807) is 24.5 Å². The summed E-state index contributed by atoms with van der Waals surface area (Å²) in [6, 6.07) is 6.56. The lowest BCUT2D eigenvalue weighted by Gasteiger charge is -2.03. The molecule has 0 amide bonds. The highest BCUT2D eigenvalue weighted by Crippen LogP contribution is 2.15. The van der Waals surface area contributed by atoms with Crippen LogP contribution in [0.15, 0.2) is 42.9 Å². The molecule has 0 aliphatic carbocycles. The maximum Gasteiger partial charge on any atom is 0.287 e.